The van der Waals surface area contributed by atoms with Crippen LogP contribution in [0.5, 0.6) is 0 Å². The standard InChI is InChI=1S/C15H29NO3Si.C12H19NO3/c1-10-11(16-12(17)18-13(2,3)4)15(8,9)19-20-14(5,6)7;1-5-12(6-8-15-9-7-12)13-10(14)16-11(2,3)4/h1,11H,20H2,2-9H3,(H,16,17);1H,6-9H2,2-4H3,(H,13,14). The average Bonchev–Trinajstić information content (AvgIpc) is 2.68. The highest BCUT2D eigenvalue weighted by molar-refractivity contribution is 6.31. The zero-order valence-corrected chi connectivity index (χ0v) is 25.6. The zero-order valence-electron chi connectivity index (χ0n) is 24.2. The molecule has 0 aromatic heterocycles. The van der Waals surface area contributed by atoms with Crippen LogP contribution in [0, 0.1) is 24.7 Å². The molecule has 9 heteroatoms. The van der Waals surface area contributed by atoms with E-state index in [0.29, 0.717) is 26.1 Å². The predicted molar refractivity (Wildman–Crippen MR) is 146 cm³/mol. The van der Waals surface area contributed by atoms with Gasteiger partial charge in [-0.2, -0.15) is 0 Å². The summed E-state index contributed by atoms with van der Waals surface area (Å²) in [5, 5.41) is 5.63. The summed E-state index contributed by atoms with van der Waals surface area (Å²) >= 11 is 0. The summed E-state index contributed by atoms with van der Waals surface area (Å²) in [5.74, 6) is 5.22. The second kappa shape index (κ2) is 13.4. The van der Waals surface area contributed by atoms with E-state index in [1.807, 2.05) is 55.4 Å². The lowest BCUT2D eigenvalue weighted by Gasteiger charge is -2.35. The second-order valence-electron chi connectivity index (χ2n) is 12.7. The van der Waals surface area contributed by atoms with E-state index in [9.17, 15) is 9.59 Å². The van der Waals surface area contributed by atoms with Gasteiger partial charge in [0, 0.05) is 26.1 Å². The van der Waals surface area contributed by atoms with Crippen molar-refractivity contribution in [3.05, 3.63) is 0 Å². The molecule has 0 aliphatic carbocycles. The summed E-state index contributed by atoms with van der Waals surface area (Å²) in [6.07, 6.45) is 11.3. The highest BCUT2D eigenvalue weighted by atomic mass is 28.2. The van der Waals surface area contributed by atoms with E-state index in [1.54, 1.807) is 0 Å². The van der Waals surface area contributed by atoms with Gasteiger partial charge < -0.3 is 29.3 Å². The van der Waals surface area contributed by atoms with E-state index in [4.69, 9.17) is 31.5 Å². The van der Waals surface area contributed by atoms with Crippen molar-refractivity contribution in [2.45, 2.75) is 122 Å². The number of amides is 2. The molecule has 1 fully saturated rings. The average molecular weight is 525 g/mol. The maximum Gasteiger partial charge on any atom is 0.408 e. The van der Waals surface area contributed by atoms with E-state index in [1.165, 1.54) is 0 Å². The van der Waals surface area contributed by atoms with Gasteiger partial charge in [0.1, 0.15) is 22.8 Å². The lowest BCUT2D eigenvalue weighted by atomic mass is 9.91. The number of carbonyl (C=O) groups is 2. The second-order valence-corrected chi connectivity index (χ2v) is 15.4. The summed E-state index contributed by atoms with van der Waals surface area (Å²) < 4.78 is 21.6. The lowest BCUT2D eigenvalue weighted by Crippen LogP contribution is -2.52. The van der Waals surface area contributed by atoms with Gasteiger partial charge >= 0.3 is 12.2 Å². The SMILES string of the molecule is C#CC(NC(=O)OC(C)(C)C)C(C)(C)O[SiH2]C(C)(C)C.C#CC1(NC(=O)OC(C)(C)C)CCOCC1. The first-order valence-corrected chi connectivity index (χ1v) is 13.6. The maximum absolute atomic E-state index is 11.8. The molecule has 0 spiro atoms. The largest absolute Gasteiger partial charge is 0.444 e. The van der Waals surface area contributed by atoms with Crippen molar-refractivity contribution in [1.82, 2.24) is 10.6 Å². The summed E-state index contributed by atoms with van der Waals surface area (Å²) in [6.45, 7) is 22.2. The van der Waals surface area contributed by atoms with Gasteiger partial charge in [-0.05, 0) is 60.4 Å². The normalized spacial score (nSPS) is 17.0. The number of terminal acetylenes is 2. The first-order chi connectivity index (χ1) is 16.1. The smallest absolute Gasteiger partial charge is 0.408 e. The molecule has 1 atom stereocenters. The van der Waals surface area contributed by atoms with Gasteiger partial charge in [-0.25, -0.2) is 9.59 Å². The van der Waals surface area contributed by atoms with Gasteiger partial charge in [0.15, 0.2) is 9.76 Å². The van der Waals surface area contributed by atoms with Crippen LogP contribution in [0.3, 0.4) is 0 Å². The van der Waals surface area contributed by atoms with Gasteiger partial charge in [-0.1, -0.05) is 32.6 Å². The summed E-state index contributed by atoms with van der Waals surface area (Å²) in [5.41, 5.74) is -2.27. The minimum absolute atomic E-state index is 0.169. The predicted octanol–water partition coefficient (Wildman–Crippen LogP) is 4.30. The van der Waals surface area contributed by atoms with Gasteiger partial charge in [-0.15, -0.1) is 12.8 Å². The van der Waals surface area contributed by atoms with Crippen molar-refractivity contribution in [3.8, 4) is 24.7 Å². The molecule has 2 N–H and O–H groups in total. The van der Waals surface area contributed by atoms with Gasteiger partial charge in [0.25, 0.3) is 0 Å². The number of nitrogens with one attached hydrogen (secondary N) is 2. The number of alkyl carbamates (subject to hydrolysis) is 2. The Morgan fingerprint density at radius 3 is 1.75 bits per heavy atom. The number of hydrogen-bond donors (Lipinski definition) is 2. The zero-order chi connectivity index (χ0) is 28.4. The van der Waals surface area contributed by atoms with E-state index in [-0.39, 0.29) is 5.04 Å². The lowest BCUT2D eigenvalue weighted by molar-refractivity contribution is 0.0298. The quantitative estimate of drug-likeness (QED) is 0.411. The number of ether oxygens (including phenoxy) is 3. The molecule has 206 valence electrons. The molecule has 0 saturated carbocycles. The molecule has 36 heavy (non-hydrogen) atoms. The van der Waals surface area contributed by atoms with Crippen molar-refractivity contribution < 1.29 is 28.2 Å². The van der Waals surface area contributed by atoms with Crippen LogP contribution >= 0.6 is 0 Å². The Hall–Kier alpha value is -2.20. The molecular weight excluding hydrogens is 476 g/mol. The molecule has 1 unspecified atom stereocenters. The van der Waals surface area contributed by atoms with E-state index < -0.39 is 50.3 Å². The van der Waals surface area contributed by atoms with Crippen LogP contribution in [0.2, 0.25) is 5.04 Å². The Kier molecular flexibility index (Phi) is 12.6. The molecular formula is C27H48N2O6Si. The van der Waals surface area contributed by atoms with Crippen molar-refractivity contribution in [3.63, 3.8) is 0 Å². The highest BCUT2D eigenvalue weighted by Crippen LogP contribution is 2.25. The third-order valence-electron chi connectivity index (χ3n) is 4.76. The molecule has 0 aromatic carbocycles. The van der Waals surface area contributed by atoms with Gasteiger partial charge in [-0.3, -0.25) is 0 Å². The fourth-order valence-electron chi connectivity index (χ4n) is 2.85. The number of hydrogen-bond acceptors (Lipinski definition) is 6. The molecule has 8 nitrogen and oxygen atoms in total. The third kappa shape index (κ3) is 15.0. The van der Waals surface area contributed by atoms with Crippen molar-refractivity contribution >= 4 is 21.9 Å². The van der Waals surface area contributed by atoms with Crippen LogP contribution in [0.15, 0.2) is 0 Å². The molecule has 0 aromatic rings. The Morgan fingerprint density at radius 2 is 1.36 bits per heavy atom. The Bertz CT molecular complexity index is 801. The molecule has 0 bridgehead atoms. The summed E-state index contributed by atoms with van der Waals surface area (Å²) in [4.78, 5) is 23.4. The molecule has 1 rings (SSSR count). The van der Waals surface area contributed by atoms with Crippen LogP contribution in [0.1, 0.15) is 89.0 Å². The van der Waals surface area contributed by atoms with Crippen LogP contribution in [0.25, 0.3) is 0 Å². The first kappa shape index (κ1) is 33.8. The Labute approximate surface area is 221 Å². The molecule has 1 heterocycles. The third-order valence-corrected chi connectivity index (χ3v) is 6.52. The van der Waals surface area contributed by atoms with Crippen LogP contribution in [-0.4, -0.2) is 63.5 Å². The number of rotatable bonds is 5. The van der Waals surface area contributed by atoms with Crippen molar-refractivity contribution in [1.29, 1.82) is 0 Å². The fourth-order valence-corrected chi connectivity index (χ4v) is 3.82. The summed E-state index contributed by atoms with van der Waals surface area (Å²) in [6, 6.07) is -0.521. The van der Waals surface area contributed by atoms with Crippen molar-refractivity contribution in [2.24, 2.45) is 0 Å². The minimum atomic E-state index is -0.762. The van der Waals surface area contributed by atoms with Crippen LogP contribution < -0.4 is 10.6 Å². The monoisotopic (exact) mass is 524 g/mol. The molecule has 1 aliphatic heterocycles. The first-order valence-electron chi connectivity index (χ1n) is 12.3. The van der Waals surface area contributed by atoms with Crippen molar-refractivity contribution in [2.75, 3.05) is 13.2 Å². The minimum Gasteiger partial charge on any atom is -0.444 e. The highest BCUT2D eigenvalue weighted by Gasteiger charge is 2.34. The van der Waals surface area contributed by atoms with E-state index in [2.05, 4.69) is 43.2 Å². The Balaban J connectivity index is 0.000000696. The van der Waals surface area contributed by atoms with Gasteiger partial charge in [0.05, 0.1) is 5.60 Å². The van der Waals surface area contributed by atoms with E-state index >= 15 is 0 Å². The molecule has 1 aliphatic rings. The summed E-state index contributed by atoms with van der Waals surface area (Å²) in [7, 11) is -0.762. The fraction of sp³-hybridized carbons (Fsp3) is 0.778. The topological polar surface area (TPSA) is 95.1 Å². The number of carbonyl (C=O) groups excluding carboxylic acids is 2. The van der Waals surface area contributed by atoms with Crippen LogP contribution in [0.4, 0.5) is 9.59 Å². The molecule has 1 saturated heterocycles. The molecule has 2 amide bonds. The van der Waals surface area contributed by atoms with Crippen LogP contribution in [-0.2, 0) is 18.6 Å². The maximum atomic E-state index is 11.8. The Morgan fingerprint density at radius 1 is 0.889 bits per heavy atom. The molecule has 0 radical (unpaired) electrons. The van der Waals surface area contributed by atoms with Gasteiger partial charge in [0.2, 0.25) is 0 Å². The van der Waals surface area contributed by atoms with E-state index in [0.717, 1.165) is 0 Å².